The molecule has 0 saturated heterocycles. The van der Waals surface area contributed by atoms with Crippen LogP contribution >= 0.6 is 7.26 Å². The van der Waals surface area contributed by atoms with E-state index in [2.05, 4.69) is 25.5 Å². The van der Waals surface area contributed by atoms with E-state index in [-0.39, 0.29) is 0 Å². The molecule has 1 N–H and O–H groups in total. The van der Waals surface area contributed by atoms with E-state index in [0.29, 0.717) is 0 Å². The van der Waals surface area contributed by atoms with Crippen molar-refractivity contribution < 1.29 is 5.11 Å². The number of aliphatic hydroxyl groups excluding tert-OH is 1. The zero-order valence-corrected chi connectivity index (χ0v) is 8.33. The number of benzene rings is 1. The Kier molecular flexibility index (Phi) is 2.88. The van der Waals surface area contributed by atoms with Crippen molar-refractivity contribution in [3.63, 3.8) is 0 Å². The Balaban J connectivity index is 2.97. The molecule has 12 heavy (non-hydrogen) atoms. The summed E-state index contributed by atoms with van der Waals surface area (Å²) in [6.45, 7) is 4.35. The van der Waals surface area contributed by atoms with E-state index in [1.54, 1.807) is 0 Å². The van der Waals surface area contributed by atoms with E-state index >= 15 is 0 Å². The average molecular weight is 181 g/mol. The first-order valence-electron chi connectivity index (χ1n) is 3.88. The Morgan fingerprint density at radius 1 is 1.17 bits per heavy atom. The first kappa shape index (κ1) is 9.28. The molecule has 0 saturated carbocycles. The van der Waals surface area contributed by atoms with E-state index in [1.807, 2.05) is 24.0 Å². The predicted octanol–water partition coefficient (Wildman–Crippen LogP) is 2.62. The van der Waals surface area contributed by atoms with Crippen LogP contribution in [0.4, 0.5) is 0 Å². The topological polar surface area (TPSA) is 20.2 Å². The van der Waals surface area contributed by atoms with Crippen molar-refractivity contribution in [3.8, 4) is 0 Å². The van der Waals surface area contributed by atoms with Crippen LogP contribution in [0.5, 0.6) is 0 Å². The van der Waals surface area contributed by atoms with Crippen molar-refractivity contribution in [3.05, 3.63) is 42.4 Å². The SMILES string of the molecule is C[P+](C)(C=CO)c1ccccc1. The van der Waals surface area contributed by atoms with Gasteiger partial charge in [-0.3, -0.25) is 0 Å². The van der Waals surface area contributed by atoms with Gasteiger partial charge < -0.3 is 5.11 Å². The summed E-state index contributed by atoms with van der Waals surface area (Å²) in [5, 5.41) is 10.0. The highest BCUT2D eigenvalue weighted by atomic mass is 31.2. The minimum absolute atomic E-state index is 1.15. The largest absolute Gasteiger partial charge is 0.512 e. The molecule has 0 aromatic heterocycles. The second kappa shape index (κ2) is 3.73. The number of hydrogen-bond acceptors (Lipinski definition) is 1. The van der Waals surface area contributed by atoms with E-state index < -0.39 is 7.26 Å². The molecule has 0 heterocycles. The number of aliphatic hydroxyl groups is 1. The summed E-state index contributed by atoms with van der Waals surface area (Å²) in [6, 6.07) is 10.3. The van der Waals surface area contributed by atoms with Crippen molar-refractivity contribution in [2.75, 3.05) is 13.3 Å². The summed E-state index contributed by atoms with van der Waals surface area (Å²) in [6.07, 6.45) is 1.15. The molecule has 0 bridgehead atoms. The lowest BCUT2D eigenvalue weighted by Crippen LogP contribution is -2.05. The summed E-state index contributed by atoms with van der Waals surface area (Å²) in [5.74, 6) is 1.89. The van der Waals surface area contributed by atoms with Gasteiger partial charge in [-0.2, -0.15) is 0 Å². The zero-order valence-electron chi connectivity index (χ0n) is 7.44. The number of hydrogen-bond donors (Lipinski definition) is 1. The molecule has 0 amide bonds. The minimum Gasteiger partial charge on any atom is -0.512 e. The van der Waals surface area contributed by atoms with Gasteiger partial charge in [0.2, 0.25) is 0 Å². The molecular formula is C10H14OP+. The third kappa shape index (κ3) is 2.09. The summed E-state index contributed by atoms with van der Waals surface area (Å²) in [4.78, 5) is 0. The molecule has 64 valence electrons. The zero-order chi connectivity index (χ0) is 9.03. The lowest BCUT2D eigenvalue weighted by molar-refractivity contribution is 0.475. The van der Waals surface area contributed by atoms with Crippen molar-refractivity contribution in [2.45, 2.75) is 0 Å². The molecule has 1 aromatic carbocycles. The molecule has 0 aliphatic rings. The Hall–Kier alpha value is -0.810. The number of rotatable bonds is 2. The Bertz CT molecular complexity index is 264. The monoisotopic (exact) mass is 181 g/mol. The van der Waals surface area contributed by atoms with Crippen LogP contribution in [-0.4, -0.2) is 18.4 Å². The first-order valence-corrected chi connectivity index (χ1v) is 6.63. The third-order valence-electron chi connectivity index (χ3n) is 1.86. The van der Waals surface area contributed by atoms with E-state index in [4.69, 9.17) is 5.11 Å². The van der Waals surface area contributed by atoms with Gasteiger partial charge in [0.05, 0.1) is 31.7 Å². The van der Waals surface area contributed by atoms with E-state index in [9.17, 15) is 0 Å². The molecule has 1 aromatic rings. The van der Waals surface area contributed by atoms with Crippen LogP contribution in [-0.2, 0) is 0 Å². The molecule has 0 atom stereocenters. The third-order valence-corrected chi connectivity index (χ3v) is 4.37. The Morgan fingerprint density at radius 2 is 1.75 bits per heavy atom. The molecule has 1 rings (SSSR count). The van der Waals surface area contributed by atoms with Gasteiger partial charge in [0.1, 0.15) is 6.26 Å². The van der Waals surface area contributed by atoms with Gasteiger partial charge in [-0.25, -0.2) is 0 Å². The lowest BCUT2D eigenvalue weighted by Gasteiger charge is -2.11. The van der Waals surface area contributed by atoms with Crippen LogP contribution in [0.15, 0.2) is 42.4 Å². The highest BCUT2D eigenvalue weighted by Crippen LogP contribution is 2.50. The first-order chi connectivity index (χ1) is 5.67. The molecule has 1 nitrogen and oxygen atoms in total. The van der Waals surface area contributed by atoms with Gasteiger partial charge in [0.15, 0.2) is 0 Å². The fraction of sp³-hybridized carbons (Fsp3) is 0.200. The van der Waals surface area contributed by atoms with Crippen LogP contribution in [0.2, 0.25) is 0 Å². The molecule has 0 radical (unpaired) electrons. The molecule has 0 aliphatic heterocycles. The van der Waals surface area contributed by atoms with Crippen molar-refractivity contribution in [1.82, 2.24) is 0 Å². The van der Waals surface area contributed by atoms with Gasteiger partial charge in [-0.1, -0.05) is 18.2 Å². The van der Waals surface area contributed by atoms with Gasteiger partial charge in [0, 0.05) is 0 Å². The molecule has 0 unspecified atom stereocenters. The van der Waals surface area contributed by atoms with Crippen LogP contribution in [0.1, 0.15) is 0 Å². The summed E-state index contributed by atoms with van der Waals surface area (Å²) < 4.78 is 0. The molecule has 0 aliphatic carbocycles. The molecule has 0 spiro atoms. The van der Waals surface area contributed by atoms with Crippen molar-refractivity contribution in [2.24, 2.45) is 0 Å². The van der Waals surface area contributed by atoms with Gasteiger partial charge in [-0.05, 0) is 12.1 Å². The predicted molar refractivity (Wildman–Crippen MR) is 56.6 cm³/mol. The van der Waals surface area contributed by atoms with Crippen LogP contribution < -0.4 is 5.30 Å². The highest BCUT2D eigenvalue weighted by molar-refractivity contribution is 7.84. The maximum absolute atomic E-state index is 8.71. The fourth-order valence-electron chi connectivity index (χ4n) is 1.06. The molecule has 2 heteroatoms. The van der Waals surface area contributed by atoms with E-state index in [0.717, 1.165) is 6.26 Å². The molecule has 0 fully saturated rings. The summed E-state index contributed by atoms with van der Waals surface area (Å²) in [7, 11) is -1.23. The minimum atomic E-state index is -1.23. The normalized spacial score (nSPS) is 12.2. The van der Waals surface area contributed by atoms with Crippen molar-refractivity contribution >= 4 is 12.6 Å². The quantitative estimate of drug-likeness (QED) is 0.549. The Labute approximate surface area is 74.1 Å². The van der Waals surface area contributed by atoms with Crippen LogP contribution in [0.25, 0.3) is 0 Å². The fourth-order valence-corrected chi connectivity index (χ4v) is 2.51. The van der Waals surface area contributed by atoms with E-state index in [1.165, 1.54) is 5.30 Å². The second-order valence-electron chi connectivity index (χ2n) is 3.17. The van der Waals surface area contributed by atoms with Crippen LogP contribution in [0, 0.1) is 0 Å². The van der Waals surface area contributed by atoms with Gasteiger partial charge in [0.25, 0.3) is 0 Å². The summed E-state index contributed by atoms with van der Waals surface area (Å²) in [5.41, 5.74) is 0. The van der Waals surface area contributed by atoms with Crippen molar-refractivity contribution in [1.29, 1.82) is 0 Å². The van der Waals surface area contributed by atoms with Crippen LogP contribution in [0.3, 0.4) is 0 Å². The summed E-state index contributed by atoms with van der Waals surface area (Å²) >= 11 is 0. The maximum Gasteiger partial charge on any atom is 0.114 e. The van der Waals surface area contributed by atoms with Gasteiger partial charge in [-0.15, -0.1) is 0 Å². The average Bonchev–Trinajstić information content (AvgIpc) is 2.06. The smallest absolute Gasteiger partial charge is 0.114 e. The van der Waals surface area contributed by atoms with Gasteiger partial charge >= 0.3 is 0 Å². The maximum atomic E-state index is 8.71. The standard InChI is InChI=1S/C10H13OP/c1-12(2,9-8-11)10-6-4-3-5-7-10/h3-9H,1-2H3/p+1. The second-order valence-corrected chi connectivity index (χ2v) is 7.07. The lowest BCUT2D eigenvalue weighted by atomic mass is 10.4. The highest BCUT2D eigenvalue weighted by Gasteiger charge is 2.24. The molecular weight excluding hydrogens is 167 g/mol. The Morgan fingerprint density at radius 3 is 2.25 bits per heavy atom.